The minimum Gasteiger partial charge on any atom is -0.486 e. The lowest BCUT2D eigenvalue weighted by Crippen LogP contribution is -2.01. The molecule has 26 heavy (non-hydrogen) atoms. The molecule has 2 aromatic carbocycles. The third-order valence-corrected chi connectivity index (χ3v) is 4.01. The average Bonchev–Trinajstić information content (AvgIpc) is 3.39. The van der Waals surface area contributed by atoms with Gasteiger partial charge in [0.05, 0.1) is 12.0 Å². The molecule has 0 amide bonds. The molecule has 0 N–H and O–H groups in total. The summed E-state index contributed by atoms with van der Waals surface area (Å²) in [4.78, 5) is 4.06. The SMILES string of the molecule is C=C(c1ccccc1OCc1cc(-c2ccccc2)on1)n1ccnc1. The smallest absolute Gasteiger partial charge is 0.167 e. The van der Waals surface area contributed by atoms with E-state index in [1.807, 2.05) is 71.4 Å². The van der Waals surface area contributed by atoms with E-state index in [1.165, 1.54) is 0 Å². The Kier molecular flexibility index (Phi) is 4.35. The van der Waals surface area contributed by atoms with Crippen molar-refractivity contribution in [3.8, 4) is 17.1 Å². The summed E-state index contributed by atoms with van der Waals surface area (Å²) in [5.74, 6) is 1.45. The van der Waals surface area contributed by atoms with Crippen molar-refractivity contribution in [1.82, 2.24) is 14.7 Å². The first-order valence-corrected chi connectivity index (χ1v) is 8.22. The molecule has 5 heteroatoms. The summed E-state index contributed by atoms with van der Waals surface area (Å²) in [6.07, 6.45) is 5.28. The van der Waals surface area contributed by atoms with E-state index >= 15 is 0 Å². The Bertz CT molecular complexity index is 1000. The Balaban J connectivity index is 1.51. The summed E-state index contributed by atoms with van der Waals surface area (Å²) in [6.45, 7) is 4.45. The molecule has 0 atom stereocenters. The Morgan fingerprint density at radius 3 is 2.69 bits per heavy atom. The van der Waals surface area contributed by atoms with Crippen molar-refractivity contribution in [3.63, 3.8) is 0 Å². The van der Waals surface area contributed by atoms with E-state index in [-0.39, 0.29) is 0 Å². The number of ether oxygens (including phenoxy) is 1. The summed E-state index contributed by atoms with van der Waals surface area (Å²) < 4.78 is 13.2. The highest BCUT2D eigenvalue weighted by Crippen LogP contribution is 2.27. The molecule has 4 rings (SSSR count). The van der Waals surface area contributed by atoms with E-state index in [0.717, 1.165) is 34.0 Å². The van der Waals surface area contributed by atoms with Crippen molar-refractivity contribution < 1.29 is 9.26 Å². The molecular formula is C21H17N3O2. The number of rotatable bonds is 6. The van der Waals surface area contributed by atoms with Crippen molar-refractivity contribution in [1.29, 1.82) is 0 Å². The predicted molar refractivity (Wildman–Crippen MR) is 99.4 cm³/mol. The molecule has 0 aliphatic rings. The number of benzene rings is 2. The van der Waals surface area contributed by atoms with Crippen LogP contribution in [0.25, 0.3) is 17.0 Å². The largest absolute Gasteiger partial charge is 0.486 e. The molecular weight excluding hydrogens is 326 g/mol. The highest BCUT2D eigenvalue weighted by atomic mass is 16.5. The lowest BCUT2D eigenvalue weighted by atomic mass is 10.1. The standard InChI is InChI=1S/C21H17N3O2/c1-16(24-12-11-22-15-24)19-9-5-6-10-20(19)25-14-18-13-21(26-23-18)17-7-3-2-4-8-17/h2-13,15H,1,14H2. The van der Waals surface area contributed by atoms with Crippen LogP contribution in [0.4, 0.5) is 0 Å². The molecule has 5 nitrogen and oxygen atoms in total. The first-order valence-electron chi connectivity index (χ1n) is 8.22. The topological polar surface area (TPSA) is 53.1 Å². The Labute approximate surface area is 151 Å². The number of aromatic nitrogens is 3. The van der Waals surface area contributed by atoms with E-state index in [0.29, 0.717) is 6.61 Å². The number of hydrogen-bond donors (Lipinski definition) is 0. The monoisotopic (exact) mass is 343 g/mol. The first kappa shape index (κ1) is 15.9. The maximum absolute atomic E-state index is 5.97. The van der Waals surface area contributed by atoms with Gasteiger partial charge in [-0.15, -0.1) is 0 Å². The summed E-state index contributed by atoms with van der Waals surface area (Å²) in [6, 6.07) is 19.5. The van der Waals surface area contributed by atoms with Gasteiger partial charge >= 0.3 is 0 Å². The quantitative estimate of drug-likeness (QED) is 0.512. The van der Waals surface area contributed by atoms with E-state index in [4.69, 9.17) is 9.26 Å². The van der Waals surface area contributed by atoms with Crippen LogP contribution < -0.4 is 4.74 Å². The average molecular weight is 343 g/mol. The van der Waals surface area contributed by atoms with Gasteiger partial charge in [0, 0.05) is 29.6 Å². The van der Waals surface area contributed by atoms with Gasteiger partial charge in [0.15, 0.2) is 5.76 Å². The lowest BCUT2D eigenvalue weighted by molar-refractivity contribution is 0.289. The van der Waals surface area contributed by atoms with E-state index in [1.54, 1.807) is 12.5 Å². The second kappa shape index (κ2) is 7.11. The molecule has 2 aromatic heterocycles. The normalized spacial score (nSPS) is 10.6. The van der Waals surface area contributed by atoms with Gasteiger partial charge in [-0.05, 0) is 12.1 Å². The van der Waals surface area contributed by atoms with Crippen molar-refractivity contribution in [2.24, 2.45) is 0 Å². The molecule has 0 radical (unpaired) electrons. The molecule has 0 saturated heterocycles. The lowest BCUT2D eigenvalue weighted by Gasteiger charge is -2.13. The number of nitrogens with zero attached hydrogens (tertiary/aromatic N) is 3. The molecule has 2 heterocycles. The van der Waals surface area contributed by atoms with Crippen LogP contribution in [-0.2, 0) is 6.61 Å². The van der Waals surface area contributed by atoms with Crippen molar-refractivity contribution in [2.75, 3.05) is 0 Å². The van der Waals surface area contributed by atoms with Crippen LogP contribution in [0, 0.1) is 0 Å². The highest BCUT2D eigenvalue weighted by Gasteiger charge is 2.11. The van der Waals surface area contributed by atoms with E-state index in [2.05, 4.69) is 16.7 Å². The van der Waals surface area contributed by atoms with Crippen molar-refractivity contribution in [2.45, 2.75) is 6.61 Å². The van der Waals surface area contributed by atoms with E-state index < -0.39 is 0 Å². The summed E-state index contributed by atoms with van der Waals surface area (Å²) >= 11 is 0. The third-order valence-electron chi connectivity index (χ3n) is 4.01. The number of para-hydroxylation sites is 1. The third kappa shape index (κ3) is 3.28. The van der Waals surface area contributed by atoms with Gasteiger partial charge < -0.3 is 13.8 Å². The highest BCUT2D eigenvalue weighted by molar-refractivity contribution is 5.68. The van der Waals surface area contributed by atoms with Crippen molar-refractivity contribution in [3.05, 3.63) is 97.2 Å². The minimum atomic E-state index is 0.310. The molecule has 4 aromatic rings. The second-order valence-electron chi connectivity index (χ2n) is 5.75. The Hall–Kier alpha value is -3.60. The zero-order valence-electron chi connectivity index (χ0n) is 14.1. The molecule has 0 bridgehead atoms. The maximum atomic E-state index is 5.97. The van der Waals surface area contributed by atoms with Crippen LogP contribution in [-0.4, -0.2) is 14.7 Å². The predicted octanol–water partition coefficient (Wildman–Crippen LogP) is 4.64. The van der Waals surface area contributed by atoms with Gasteiger partial charge in [0.1, 0.15) is 18.1 Å². The molecule has 0 aliphatic heterocycles. The van der Waals surface area contributed by atoms with Crippen LogP contribution in [0.1, 0.15) is 11.3 Å². The minimum absolute atomic E-state index is 0.310. The van der Waals surface area contributed by atoms with Crippen LogP contribution in [0.2, 0.25) is 0 Å². The van der Waals surface area contributed by atoms with Gasteiger partial charge in [-0.2, -0.15) is 0 Å². The molecule has 0 fully saturated rings. The molecule has 0 aliphatic carbocycles. The maximum Gasteiger partial charge on any atom is 0.167 e. The summed E-state index contributed by atoms with van der Waals surface area (Å²) in [5, 5.41) is 4.09. The van der Waals surface area contributed by atoms with Crippen LogP contribution in [0.15, 0.2) is 90.5 Å². The fraction of sp³-hybridized carbons (Fsp3) is 0.0476. The number of hydrogen-bond acceptors (Lipinski definition) is 4. The fourth-order valence-electron chi connectivity index (χ4n) is 2.66. The second-order valence-corrected chi connectivity index (χ2v) is 5.75. The van der Waals surface area contributed by atoms with Gasteiger partial charge in [-0.25, -0.2) is 4.98 Å². The molecule has 128 valence electrons. The molecule has 0 saturated carbocycles. The van der Waals surface area contributed by atoms with Crippen LogP contribution in [0.3, 0.4) is 0 Å². The van der Waals surface area contributed by atoms with Gasteiger partial charge in [0.25, 0.3) is 0 Å². The van der Waals surface area contributed by atoms with Crippen LogP contribution >= 0.6 is 0 Å². The summed E-state index contributed by atoms with van der Waals surface area (Å²) in [5.41, 5.74) is 3.41. The Morgan fingerprint density at radius 1 is 1.08 bits per heavy atom. The van der Waals surface area contributed by atoms with Gasteiger partial charge in [-0.3, -0.25) is 0 Å². The Morgan fingerprint density at radius 2 is 1.88 bits per heavy atom. The van der Waals surface area contributed by atoms with Crippen LogP contribution in [0.5, 0.6) is 5.75 Å². The fourth-order valence-corrected chi connectivity index (χ4v) is 2.66. The van der Waals surface area contributed by atoms with Gasteiger partial charge in [-0.1, -0.05) is 54.2 Å². The van der Waals surface area contributed by atoms with E-state index in [9.17, 15) is 0 Å². The van der Waals surface area contributed by atoms with Gasteiger partial charge in [0.2, 0.25) is 0 Å². The van der Waals surface area contributed by atoms with Crippen molar-refractivity contribution >= 4 is 5.70 Å². The zero-order chi connectivity index (χ0) is 17.8. The molecule has 0 spiro atoms. The summed E-state index contributed by atoms with van der Waals surface area (Å²) in [7, 11) is 0. The molecule has 0 unspecified atom stereocenters. The first-order chi connectivity index (χ1) is 12.8. The zero-order valence-corrected chi connectivity index (χ0v) is 14.1. The number of imidazole rings is 1.